The summed E-state index contributed by atoms with van der Waals surface area (Å²) < 4.78 is 6.90. The molecule has 4 rings (SSSR count). The molecule has 0 fully saturated rings. The first kappa shape index (κ1) is 19.2. The summed E-state index contributed by atoms with van der Waals surface area (Å²) in [7, 11) is 1.57. The van der Waals surface area contributed by atoms with Crippen molar-refractivity contribution in [3.8, 4) is 5.75 Å². The Morgan fingerprint density at radius 2 is 2.24 bits per heavy atom. The van der Waals surface area contributed by atoms with Crippen LogP contribution in [0.3, 0.4) is 0 Å². The van der Waals surface area contributed by atoms with Gasteiger partial charge < -0.3 is 10.1 Å². The van der Waals surface area contributed by atoms with Gasteiger partial charge in [0.25, 0.3) is 5.91 Å². The van der Waals surface area contributed by atoms with Crippen molar-refractivity contribution in [2.24, 2.45) is 0 Å². The molecule has 10 heteroatoms. The topological polar surface area (TPSA) is 97.2 Å². The molecular weight excluding hydrogens is 415 g/mol. The smallest absolute Gasteiger partial charge is 0.261 e. The molecule has 29 heavy (non-hydrogen) atoms. The number of benzene rings is 1. The van der Waals surface area contributed by atoms with Gasteiger partial charge in [-0.2, -0.15) is 10.2 Å². The lowest BCUT2D eigenvalue weighted by Gasteiger charge is -2.14. The van der Waals surface area contributed by atoms with Crippen LogP contribution in [-0.4, -0.2) is 37.8 Å². The van der Waals surface area contributed by atoms with E-state index in [1.165, 1.54) is 16.9 Å². The first-order valence-corrected chi connectivity index (χ1v) is 9.47. The zero-order valence-electron chi connectivity index (χ0n) is 15.3. The van der Waals surface area contributed by atoms with Gasteiger partial charge in [-0.1, -0.05) is 11.6 Å². The lowest BCUT2D eigenvalue weighted by Crippen LogP contribution is -2.13. The molecule has 0 radical (unpaired) electrons. The zero-order valence-corrected chi connectivity index (χ0v) is 16.8. The number of hydrogen-bond acceptors (Lipinski definition) is 5. The number of halogens is 2. The fourth-order valence-corrected chi connectivity index (χ4v) is 3.50. The van der Waals surface area contributed by atoms with E-state index in [9.17, 15) is 4.79 Å². The van der Waals surface area contributed by atoms with Gasteiger partial charge in [-0.05, 0) is 24.3 Å². The van der Waals surface area contributed by atoms with Crippen LogP contribution in [0.15, 0.2) is 49.1 Å². The van der Waals surface area contributed by atoms with E-state index in [-0.39, 0.29) is 5.91 Å². The number of aromatic amines is 1. The third-order valence-electron chi connectivity index (χ3n) is 4.40. The molecular formula is C19H16Cl2N6O2. The first-order chi connectivity index (χ1) is 14.1. The van der Waals surface area contributed by atoms with Gasteiger partial charge in [0.05, 0.1) is 36.3 Å². The Hall–Kier alpha value is -3.10. The van der Waals surface area contributed by atoms with Crippen LogP contribution >= 0.6 is 23.2 Å². The monoisotopic (exact) mass is 430 g/mol. The van der Waals surface area contributed by atoms with Crippen molar-refractivity contribution in [1.29, 1.82) is 0 Å². The fraction of sp³-hybridized carbons (Fsp3) is 0.158. The van der Waals surface area contributed by atoms with E-state index in [1.54, 1.807) is 43.8 Å². The van der Waals surface area contributed by atoms with Gasteiger partial charge in [-0.15, -0.1) is 11.6 Å². The number of rotatable bonds is 6. The Morgan fingerprint density at radius 3 is 3.07 bits per heavy atom. The van der Waals surface area contributed by atoms with Gasteiger partial charge in [-0.25, -0.2) is 9.50 Å². The number of alkyl halides is 1. The van der Waals surface area contributed by atoms with E-state index in [0.29, 0.717) is 39.8 Å². The second-order valence-electron chi connectivity index (χ2n) is 6.22. The summed E-state index contributed by atoms with van der Waals surface area (Å²) in [5.41, 5.74) is 2.77. The third kappa shape index (κ3) is 3.90. The lowest BCUT2D eigenvalue weighted by molar-refractivity contribution is 0.102. The van der Waals surface area contributed by atoms with E-state index in [1.807, 2.05) is 0 Å². The summed E-state index contributed by atoms with van der Waals surface area (Å²) in [6, 6.07) is 7.00. The number of methoxy groups -OCH3 is 1. The van der Waals surface area contributed by atoms with Crippen LogP contribution in [0.2, 0.25) is 5.02 Å². The van der Waals surface area contributed by atoms with Crippen molar-refractivity contribution in [2.45, 2.75) is 11.8 Å². The number of carbonyl (C=O) groups is 1. The Morgan fingerprint density at radius 1 is 1.38 bits per heavy atom. The summed E-state index contributed by atoms with van der Waals surface area (Å²) in [5, 5.41) is 14.0. The minimum absolute atomic E-state index is 0.340. The van der Waals surface area contributed by atoms with Gasteiger partial charge in [-0.3, -0.25) is 9.89 Å². The quantitative estimate of drug-likeness (QED) is 0.452. The molecule has 0 saturated carbocycles. The molecule has 0 aliphatic heterocycles. The van der Waals surface area contributed by atoms with Crippen LogP contribution in [0.5, 0.6) is 5.75 Å². The summed E-state index contributed by atoms with van der Waals surface area (Å²) >= 11 is 12.7. The molecule has 8 nitrogen and oxygen atoms in total. The number of carbonyl (C=O) groups excluding carboxylic acids is 1. The van der Waals surface area contributed by atoms with E-state index in [0.717, 1.165) is 5.56 Å². The van der Waals surface area contributed by atoms with Crippen molar-refractivity contribution < 1.29 is 9.53 Å². The molecule has 3 aromatic heterocycles. The summed E-state index contributed by atoms with van der Waals surface area (Å²) in [4.78, 5) is 16.9. The number of anilines is 1. The fourth-order valence-electron chi connectivity index (χ4n) is 2.99. The van der Waals surface area contributed by atoms with Gasteiger partial charge in [0, 0.05) is 29.4 Å². The molecule has 0 spiro atoms. The SMILES string of the molecule is COc1ccc(Cl)cc1C(Cl)Cc1[nH]ncc1NC(=O)c1cnn2cccnc12. The Kier molecular flexibility index (Phi) is 5.37. The number of aromatic nitrogens is 5. The molecule has 1 atom stereocenters. The molecule has 3 heterocycles. The molecule has 1 amide bonds. The molecule has 0 saturated heterocycles. The normalized spacial score (nSPS) is 12.1. The number of nitrogens with one attached hydrogen (secondary N) is 2. The number of fused-ring (bicyclic) bond motifs is 1. The number of H-pyrrole nitrogens is 1. The van der Waals surface area contributed by atoms with Crippen LogP contribution in [0.4, 0.5) is 5.69 Å². The first-order valence-electron chi connectivity index (χ1n) is 8.66. The minimum atomic E-state index is -0.446. The third-order valence-corrected chi connectivity index (χ3v) is 5.03. The molecule has 148 valence electrons. The minimum Gasteiger partial charge on any atom is -0.496 e. The molecule has 0 aliphatic carbocycles. The number of ether oxygens (including phenoxy) is 1. The maximum absolute atomic E-state index is 12.7. The molecule has 4 aromatic rings. The second-order valence-corrected chi connectivity index (χ2v) is 7.18. The lowest BCUT2D eigenvalue weighted by atomic mass is 10.1. The summed E-state index contributed by atoms with van der Waals surface area (Å²) in [5.74, 6) is 0.296. The highest BCUT2D eigenvalue weighted by Crippen LogP contribution is 2.35. The molecule has 0 bridgehead atoms. The van der Waals surface area contributed by atoms with Crippen LogP contribution in [-0.2, 0) is 6.42 Å². The standard InChI is InChI=1S/C19H16Cl2N6O2/c1-29-17-4-3-11(20)7-12(17)14(21)8-15-16(10-23-26-15)25-19(28)13-9-24-27-6-2-5-22-18(13)27/h2-7,9-10,14H,8H2,1H3,(H,23,26)(H,25,28). The van der Waals surface area contributed by atoms with Gasteiger partial charge >= 0.3 is 0 Å². The maximum atomic E-state index is 12.7. The highest BCUT2D eigenvalue weighted by atomic mass is 35.5. The van der Waals surface area contributed by atoms with Gasteiger partial charge in [0.1, 0.15) is 11.3 Å². The van der Waals surface area contributed by atoms with Crippen molar-refractivity contribution in [3.63, 3.8) is 0 Å². The average Bonchev–Trinajstić information content (AvgIpc) is 3.34. The summed E-state index contributed by atoms with van der Waals surface area (Å²) in [6.07, 6.45) is 6.71. The van der Waals surface area contributed by atoms with Crippen LogP contribution in [0.1, 0.15) is 27.0 Å². The second kappa shape index (κ2) is 8.10. The Labute approximate surface area is 175 Å². The number of nitrogens with zero attached hydrogens (tertiary/aromatic N) is 4. The Bertz CT molecular complexity index is 1170. The Balaban J connectivity index is 1.54. The van der Waals surface area contributed by atoms with Crippen molar-refractivity contribution >= 4 is 40.4 Å². The van der Waals surface area contributed by atoms with E-state index in [2.05, 4.69) is 25.6 Å². The van der Waals surface area contributed by atoms with E-state index < -0.39 is 5.38 Å². The average molecular weight is 431 g/mol. The molecule has 2 N–H and O–H groups in total. The number of amides is 1. The van der Waals surface area contributed by atoms with Gasteiger partial charge in [0.15, 0.2) is 5.65 Å². The predicted octanol–water partition coefficient (Wildman–Crippen LogP) is 3.89. The largest absolute Gasteiger partial charge is 0.496 e. The van der Waals surface area contributed by atoms with Gasteiger partial charge in [0.2, 0.25) is 0 Å². The number of hydrogen-bond donors (Lipinski definition) is 2. The summed E-state index contributed by atoms with van der Waals surface area (Å²) in [6.45, 7) is 0. The van der Waals surface area contributed by atoms with Crippen molar-refractivity contribution in [3.05, 3.63) is 70.9 Å². The van der Waals surface area contributed by atoms with Crippen molar-refractivity contribution in [1.82, 2.24) is 24.8 Å². The van der Waals surface area contributed by atoms with E-state index in [4.69, 9.17) is 27.9 Å². The predicted molar refractivity (Wildman–Crippen MR) is 110 cm³/mol. The highest BCUT2D eigenvalue weighted by molar-refractivity contribution is 6.31. The molecule has 1 unspecified atom stereocenters. The molecule has 1 aromatic carbocycles. The highest BCUT2D eigenvalue weighted by Gasteiger charge is 2.20. The maximum Gasteiger partial charge on any atom is 0.261 e. The van der Waals surface area contributed by atoms with Crippen LogP contribution < -0.4 is 10.1 Å². The molecule has 0 aliphatic rings. The van der Waals surface area contributed by atoms with Crippen LogP contribution in [0, 0.1) is 0 Å². The van der Waals surface area contributed by atoms with Crippen LogP contribution in [0.25, 0.3) is 5.65 Å². The zero-order chi connectivity index (χ0) is 20.4. The van der Waals surface area contributed by atoms with E-state index >= 15 is 0 Å². The van der Waals surface area contributed by atoms with Crippen molar-refractivity contribution in [2.75, 3.05) is 12.4 Å².